The van der Waals surface area contributed by atoms with E-state index in [0.29, 0.717) is 10.6 Å². The van der Waals surface area contributed by atoms with Gasteiger partial charge in [-0.3, -0.25) is 4.79 Å². The van der Waals surface area contributed by atoms with Crippen molar-refractivity contribution < 1.29 is 14.7 Å². The molecular formula is C14H15NO3S2. The molecule has 2 aromatic heterocycles. The van der Waals surface area contributed by atoms with Gasteiger partial charge < -0.3 is 5.11 Å². The zero-order valence-corrected chi connectivity index (χ0v) is 13.3. The number of carboxylic acids is 1. The molecule has 0 saturated heterocycles. The lowest BCUT2D eigenvalue weighted by Gasteiger charge is -2.13. The van der Waals surface area contributed by atoms with Gasteiger partial charge in [0.25, 0.3) is 0 Å². The molecule has 0 radical (unpaired) electrons. The normalized spacial score (nSPS) is 11.6. The van der Waals surface area contributed by atoms with Crippen LogP contribution in [-0.2, 0) is 5.41 Å². The molecule has 1 N–H and O–H groups in total. The predicted molar refractivity (Wildman–Crippen MR) is 81.1 cm³/mol. The maximum Gasteiger partial charge on any atom is 0.348 e. The molecule has 0 amide bonds. The van der Waals surface area contributed by atoms with Gasteiger partial charge in [-0.2, -0.15) is 0 Å². The minimum atomic E-state index is -0.981. The molecule has 106 valence electrons. The molecule has 2 aromatic rings. The summed E-state index contributed by atoms with van der Waals surface area (Å²) in [7, 11) is 0. The van der Waals surface area contributed by atoms with E-state index < -0.39 is 5.97 Å². The van der Waals surface area contributed by atoms with Gasteiger partial charge in [-0.15, -0.1) is 22.7 Å². The Balaban J connectivity index is 2.56. The number of aromatic carboxylic acids is 1. The van der Waals surface area contributed by atoms with Gasteiger partial charge in [-0.1, -0.05) is 20.8 Å². The van der Waals surface area contributed by atoms with Crippen LogP contribution in [-0.4, -0.2) is 21.8 Å². The van der Waals surface area contributed by atoms with Crippen molar-refractivity contribution in [2.75, 3.05) is 0 Å². The van der Waals surface area contributed by atoms with E-state index in [1.54, 1.807) is 12.1 Å². The summed E-state index contributed by atoms with van der Waals surface area (Å²) in [5, 5.41) is 10.1. The number of rotatable bonds is 3. The van der Waals surface area contributed by atoms with Gasteiger partial charge in [-0.05, 0) is 19.1 Å². The number of hydrogen-bond acceptors (Lipinski definition) is 5. The highest BCUT2D eigenvalue weighted by molar-refractivity contribution is 7.18. The molecule has 0 bridgehead atoms. The number of thiophene rings is 1. The molecule has 0 atom stereocenters. The number of carbonyl (C=O) groups is 2. The SMILES string of the molecule is CC(=O)c1ccc(-c2nc(C(C)(C)C)sc2C(=O)O)s1. The fraction of sp³-hybridized carbons (Fsp3) is 0.357. The number of nitrogens with zero attached hydrogens (tertiary/aromatic N) is 1. The van der Waals surface area contributed by atoms with E-state index in [9.17, 15) is 14.7 Å². The lowest BCUT2D eigenvalue weighted by molar-refractivity contribution is 0.0702. The lowest BCUT2D eigenvalue weighted by atomic mass is 9.98. The van der Waals surface area contributed by atoms with Crippen LogP contribution in [0, 0.1) is 0 Å². The van der Waals surface area contributed by atoms with E-state index in [-0.39, 0.29) is 16.1 Å². The van der Waals surface area contributed by atoms with Crippen molar-refractivity contribution in [3.05, 3.63) is 26.9 Å². The molecule has 2 heterocycles. The highest BCUT2D eigenvalue weighted by Crippen LogP contribution is 2.37. The Morgan fingerprint density at radius 2 is 1.85 bits per heavy atom. The lowest BCUT2D eigenvalue weighted by Crippen LogP contribution is -2.10. The summed E-state index contributed by atoms with van der Waals surface area (Å²) in [6.45, 7) is 7.49. The van der Waals surface area contributed by atoms with Crippen LogP contribution in [0.5, 0.6) is 0 Å². The molecule has 0 saturated carbocycles. The first kappa shape index (κ1) is 14.9. The minimum absolute atomic E-state index is 0.0237. The van der Waals surface area contributed by atoms with Gasteiger partial charge in [0.2, 0.25) is 0 Å². The van der Waals surface area contributed by atoms with Crippen molar-refractivity contribution in [1.82, 2.24) is 4.98 Å². The fourth-order valence-electron chi connectivity index (χ4n) is 1.61. The summed E-state index contributed by atoms with van der Waals surface area (Å²) < 4.78 is 0. The van der Waals surface area contributed by atoms with Gasteiger partial charge in [-0.25, -0.2) is 9.78 Å². The van der Waals surface area contributed by atoms with Crippen molar-refractivity contribution in [3.63, 3.8) is 0 Å². The summed E-state index contributed by atoms with van der Waals surface area (Å²) in [6, 6.07) is 3.47. The second-order valence-corrected chi connectivity index (χ2v) is 7.55. The molecule has 0 aliphatic heterocycles. The zero-order valence-electron chi connectivity index (χ0n) is 11.7. The second kappa shape index (κ2) is 5.10. The molecule has 2 rings (SSSR count). The van der Waals surface area contributed by atoms with Crippen molar-refractivity contribution in [2.45, 2.75) is 33.1 Å². The molecule has 20 heavy (non-hydrogen) atoms. The van der Waals surface area contributed by atoms with E-state index in [4.69, 9.17) is 0 Å². The first-order valence-electron chi connectivity index (χ1n) is 6.06. The Bertz CT molecular complexity index is 677. The largest absolute Gasteiger partial charge is 0.477 e. The van der Waals surface area contributed by atoms with E-state index in [1.807, 2.05) is 20.8 Å². The number of carbonyl (C=O) groups excluding carboxylic acids is 1. The smallest absolute Gasteiger partial charge is 0.348 e. The van der Waals surface area contributed by atoms with Gasteiger partial charge in [0, 0.05) is 5.41 Å². The predicted octanol–water partition coefficient (Wildman–Crippen LogP) is 4.07. The van der Waals surface area contributed by atoms with E-state index in [1.165, 1.54) is 29.6 Å². The average Bonchev–Trinajstić information content (AvgIpc) is 2.94. The average molecular weight is 309 g/mol. The molecule has 6 heteroatoms. The van der Waals surface area contributed by atoms with Gasteiger partial charge in [0.1, 0.15) is 10.6 Å². The van der Waals surface area contributed by atoms with E-state index in [2.05, 4.69) is 4.98 Å². The third-order valence-electron chi connectivity index (χ3n) is 2.65. The monoisotopic (exact) mass is 309 g/mol. The summed E-state index contributed by atoms with van der Waals surface area (Å²) >= 11 is 2.48. The topological polar surface area (TPSA) is 67.3 Å². The first-order valence-corrected chi connectivity index (χ1v) is 7.69. The van der Waals surface area contributed by atoms with Crippen molar-refractivity contribution in [3.8, 4) is 10.6 Å². The molecule has 0 aliphatic rings. The third kappa shape index (κ3) is 2.81. The highest BCUT2D eigenvalue weighted by atomic mass is 32.1. The van der Waals surface area contributed by atoms with Gasteiger partial charge >= 0.3 is 5.97 Å². The van der Waals surface area contributed by atoms with Crippen LogP contribution in [0.25, 0.3) is 10.6 Å². The molecular weight excluding hydrogens is 294 g/mol. The van der Waals surface area contributed by atoms with Crippen LogP contribution in [0.4, 0.5) is 0 Å². The number of hydrogen-bond donors (Lipinski definition) is 1. The van der Waals surface area contributed by atoms with Crippen LogP contribution in [0.2, 0.25) is 0 Å². The highest BCUT2D eigenvalue weighted by Gasteiger charge is 2.26. The minimum Gasteiger partial charge on any atom is -0.477 e. The molecule has 0 unspecified atom stereocenters. The Labute approximate surface area is 125 Å². The fourth-order valence-corrected chi connectivity index (χ4v) is 3.55. The van der Waals surface area contributed by atoms with Crippen LogP contribution >= 0.6 is 22.7 Å². The quantitative estimate of drug-likeness (QED) is 0.868. The van der Waals surface area contributed by atoms with E-state index in [0.717, 1.165) is 9.88 Å². The summed E-state index contributed by atoms with van der Waals surface area (Å²) in [4.78, 5) is 28.8. The molecule has 4 nitrogen and oxygen atoms in total. The first-order chi connectivity index (χ1) is 9.20. The van der Waals surface area contributed by atoms with Gasteiger partial charge in [0.05, 0.1) is 14.8 Å². The van der Waals surface area contributed by atoms with Crippen LogP contribution < -0.4 is 0 Å². The van der Waals surface area contributed by atoms with Crippen molar-refractivity contribution in [2.24, 2.45) is 0 Å². The summed E-state index contributed by atoms with van der Waals surface area (Å²) in [5.41, 5.74) is 0.262. The Morgan fingerprint density at radius 1 is 1.20 bits per heavy atom. The Morgan fingerprint density at radius 3 is 2.30 bits per heavy atom. The Kier molecular flexibility index (Phi) is 3.80. The maximum absolute atomic E-state index is 11.4. The molecule has 0 spiro atoms. The number of ketones is 1. The second-order valence-electron chi connectivity index (χ2n) is 5.47. The number of Topliss-reactive ketones (excluding diaryl/α,β-unsaturated/α-hetero) is 1. The van der Waals surface area contributed by atoms with Gasteiger partial charge in [0.15, 0.2) is 5.78 Å². The number of aromatic nitrogens is 1. The summed E-state index contributed by atoms with van der Waals surface area (Å²) in [5.74, 6) is -1.00. The Hall–Kier alpha value is -1.53. The van der Waals surface area contributed by atoms with E-state index >= 15 is 0 Å². The van der Waals surface area contributed by atoms with Crippen LogP contribution in [0.1, 0.15) is 52.0 Å². The standard InChI is InChI=1S/C14H15NO3S2/c1-7(16)8-5-6-9(19-8)10-11(12(17)18)20-13(15-10)14(2,3)4/h5-6H,1-4H3,(H,17,18). The number of carboxylic acid groups (broad SMARTS) is 1. The van der Waals surface area contributed by atoms with Crippen LogP contribution in [0.15, 0.2) is 12.1 Å². The molecule has 0 aromatic carbocycles. The van der Waals surface area contributed by atoms with Crippen molar-refractivity contribution >= 4 is 34.4 Å². The molecule has 0 fully saturated rings. The van der Waals surface area contributed by atoms with Crippen molar-refractivity contribution in [1.29, 1.82) is 0 Å². The summed E-state index contributed by atoms with van der Waals surface area (Å²) in [6.07, 6.45) is 0. The zero-order chi connectivity index (χ0) is 15.1. The number of thiazole rings is 1. The van der Waals surface area contributed by atoms with Crippen LogP contribution in [0.3, 0.4) is 0 Å². The maximum atomic E-state index is 11.4. The molecule has 0 aliphatic carbocycles. The third-order valence-corrected chi connectivity index (χ3v) is 5.31.